The molecule has 0 bridgehead atoms. The lowest BCUT2D eigenvalue weighted by atomic mass is 10.2. The maximum Gasteiger partial charge on any atom is 0.319 e. The molecule has 0 spiro atoms. The van der Waals surface area contributed by atoms with Crippen LogP contribution in [0.2, 0.25) is 0 Å². The van der Waals surface area contributed by atoms with Crippen molar-refractivity contribution in [3.8, 4) is 0 Å². The second-order valence-electron chi connectivity index (χ2n) is 3.88. The van der Waals surface area contributed by atoms with Gasteiger partial charge in [0.1, 0.15) is 5.82 Å². The van der Waals surface area contributed by atoms with Gasteiger partial charge in [-0.25, -0.2) is 4.98 Å². The minimum Gasteiger partial charge on any atom is -0.307 e. The van der Waals surface area contributed by atoms with Crippen molar-refractivity contribution in [2.75, 3.05) is 12.0 Å². The molecule has 0 aliphatic rings. The smallest absolute Gasteiger partial charge is 0.307 e. The fourth-order valence-electron chi connectivity index (χ4n) is 1.37. The third-order valence-corrected chi connectivity index (χ3v) is 3.22. The molecule has 1 N–H and O–H groups in total. The molecule has 0 saturated heterocycles. The van der Waals surface area contributed by atoms with Crippen LogP contribution in [0.3, 0.4) is 0 Å². The summed E-state index contributed by atoms with van der Waals surface area (Å²) in [6.07, 6.45) is 5.01. The molecule has 0 saturated carbocycles. The lowest BCUT2D eigenvalue weighted by molar-refractivity contribution is 0.0665. The minimum atomic E-state index is -2.56. The van der Waals surface area contributed by atoms with Crippen LogP contribution in [0.25, 0.3) is 0 Å². The Morgan fingerprint density at radius 1 is 1.59 bits per heavy atom. The van der Waals surface area contributed by atoms with Gasteiger partial charge in [-0.2, -0.15) is 8.78 Å². The second kappa shape index (κ2) is 6.80. The summed E-state index contributed by atoms with van der Waals surface area (Å²) in [5.74, 6) is 0.918. The molecule has 1 rings (SSSR count). The number of hydrogen-bond acceptors (Lipinski definition) is 3. The molecule has 1 aromatic heterocycles. The Balaban J connectivity index is 2.39. The van der Waals surface area contributed by atoms with Gasteiger partial charge in [-0.15, -0.1) is 0 Å². The van der Waals surface area contributed by atoms with Crippen molar-refractivity contribution in [1.82, 2.24) is 14.9 Å². The molecule has 17 heavy (non-hydrogen) atoms. The van der Waals surface area contributed by atoms with Gasteiger partial charge in [-0.3, -0.25) is 8.78 Å². The van der Waals surface area contributed by atoms with Gasteiger partial charge in [0.05, 0.1) is 6.54 Å². The molecule has 4 nitrogen and oxygen atoms in total. The van der Waals surface area contributed by atoms with E-state index in [-0.39, 0.29) is 12.6 Å². The molecule has 0 aliphatic carbocycles. The fraction of sp³-hybridized carbons (Fsp3) is 0.700. The molecule has 0 aliphatic heterocycles. The normalized spacial score (nSPS) is 15.1. The predicted octanol–water partition coefficient (Wildman–Crippen LogP) is 1.52. The first-order valence-electron chi connectivity index (χ1n) is 5.34. The topological polar surface area (TPSA) is 46.9 Å². The Morgan fingerprint density at radius 2 is 2.29 bits per heavy atom. The number of imidazole rings is 1. The summed E-state index contributed by atoms with van der Waals surface area (Å²) in [5, 5.41) is 3.08. The number of hydrogen-bond donors (Lipinski definition) is 1. The van der Waals surface area contributed by atoms with E-state index in [1.807, 2.05) is 6.92 Å². The Hall–Kier alpha value is -0.820. The average Bonchev–Trinajstić information content (AvgIpc) is 2.71. The quantitative estimate of drug-likeness (QED) is 0.813. The van der Waals surface area contributed by atoms with Crippen molar-refractivity contribution in [2.45, 2.75) is 32.5 Å². The number of nitrogens with zero attached hydrogens (tertiary/aromatic N) is 2. The van der Waals surface area contributed by atoms with E-state index >= 15 is 0 Å². The van der Waals surface area contributed by atoms with Gasteiger partial charge in [0.15, 0.2) is 0 Å². The Bertz CT molecular complexity index is 370. The van der Waals surface area contributed by atoms with Gasteiger partial charge in [0.25, 0.3) is 0 Å². The zero-order valence-corrected chi connectivity index (χ0v) is 10.7. The standard InChI is InChI=1S/C10H17F2N3OS/c1-8(3-6-17(2)16)14-7-9-13-4-5-15(9)10(11)12/h4-5,8,10,14H,3,6-7H2,1-2H3. The number of rotatable bonds is 7. The molecule has 1 aromatic rings. The van der Waals surface area contributed by atoms with Crippen LogP contribution in [0, 0.1) is 0 Å². The summed E-state index contributed by atoms with van der Waals surface area (Å²) in [7, 11) is -0.819. The third-order valence-electron chi connectivity index (χ3n) is 2.41. The van der Waals surface area contributed by atoms with Crippen molar-refractivity contribution in [1.29, 1.82) is 0 Å². The van der Waals surface area contributed by atoms with E-state index in [0.717, 1.165) is 11.0 Å². The first-order chi connectivity index (χ1) is 8.00. The van der Waals surface area contributed by atoms with E-state index in [2.05, 4.69) is 10.3 Å². The van der Waals surface area contributed by atoms with E-state index in [9.17, 15) is 13.0 Å². The summed E-state index contributed by atoms with van der Waals surface area (Å²) in [6, 6.07) is 0.127. The van der Waals surface area contributed by atoms with Gasteiger partial charge < -0.3 is 5.32 Å². The molecule has 1 heterocycles. The largest absolute Gasteiger partial charge is 0.319 e. The molecule has 2 atom stereocenters. The van der Waals surface area contributed by atoms with Crippen LogP contribution in [0.15, 0.2) is 12.4 Å². The lowest BCUT2D eigenvalue weighted by Gasteiger charge is -2.13. The molecular weight excluding hydrogens is 248 g/mol. The van der Waals surface area contributed by atoms with Gasteiger partial charge in [-0.05, 0) is 13.3 Å². The highest BCUT2D eigenvalue weighted by atomic mass is 32.2. The van der Waals surface area contributed by atoms with E-state index in [1.54, 1.807) is 6.26 Å². The van der Waals surface area contributed by atoms with Gasteiger partial charge in [-0.1, -0.05) is 0 Å². The van der Waals surface area contributed by atoms with Crippen molar-refractivity contribution in [3.63, 3.8) is 0 Å². The predicted molar refractivity (Wildman–Crippen MR) is 63.3 cm³/mol. The summed E-state index contributed by atoms with van der Waals surface area (Å²) in [4.78, 5) is 3.87. The second-order valence-corrected chi connectivity index (χ2v) is 5.43. The summed E-state index contributed by atoms with van der Waals surface area (Å²) in [6.45, 7) is -0.343. The molecular formula is C10H17F2N3OS. The van der Waals surface area contributed by atoms with Crippen molar-refractivity contribution < 1.29 is 13.0 Å². The van der Waals surface area contributed by atoms with Crippen LogP contribution in [0.5, 0.6) is 0 Å². The van der Waals surface area contributed by atoms with Crippen LogP contribution >= 0.6 is 0 Å². The van der Waals surface area contributed by atoms with E-state index in [1.165, 1.54) is 12.4 Å². The highest BCUT2D eigenvalue weighted by Crippen LogP contribution is 2.12. The van der Waals surface area contributed by atoms with Crippen LogP contribution in [-0.2, 0) is 17.3 Å². The number of aromatic nitrogens is 2. The first-order valence-corrected chi connectivity index (χ1v) is 7.06. The monoisotopic (exact) mass is 265 g/mol. The van der Waals surface area contributed by atoms with Crippen molar-refractivity contribution >= 4 is 10.8 Å². The van der Waals surface area contributed by atoms with Crippen LogP contribution in [0.4, 0.5) is 8.78 Å². The Kier molecular flexibility index (Phi) is 5.70. The molecule has 2 unspecified atom stereocenters. The summed E-state index contributed by atoms with van der Waals surface area (Å²) in [5.41, 5.74) is 0. The van der Waals surface area contributed by atoms with Crippen molar-refractivity contribution in [3.05, 3.63) is 18.2 Å². The fourth-order valence-corrected chi connectivity index (χ4v) is 2.05. The van der Waals surface area contributed by atoms with Gasteiger partial charge in [0, 0.05) is 41.2 Å². The van der Waals surface area contributed by atoms with Crippen LogP contribution in [0.1, 0.15) is 25.7 Å². The van der Waals surface area contributed by atoms with Crippen molar-refractivity contribution in [2.24, 2.45) is 0 Å². The zero-order valence-electron chi connectivity index (χ0n) is 9.90. The van der Waals surface area contributed by atoms with E-state index in [4.69, 9.17) is 0 Å². The highest BCUT2D eigenvalue weighted by molar-refractivity contribution is 7.84. The maximum absolute atomic E-state index is 12.5. The maximum atomic E-state index is 12.5. The number of alkyl halides is 2. The summed E-state index contributed by atoms with van der Waals surface area (Å²) < 4.78 is 36.7. The zero-order chi connectivity index (χ0) is 12.8. The SMILES string of the molecule is CC(CCS(C)=O)NCc1nccn1C(F)F. The Morgan fingerprint density at radius 3 is 2.88 bits per heavy atom. The average molecular weight is 265 g/mol. The van der Waals surface area contributed by atoms with Gasteiger partial charge >= 0.3 is 6.55 Å². The van der Waals surface area contributed by atoms with Crippen LogP contribution in [-0.4, -0.2) is 31.8 Å². The molecule has 0 amide bonds. The minimum absolute atomic E-state index is 0.127. The lowest BCUT2D eigenvalue weighted by Crippen LogP contribution is -2.28. The van der Waals surface area contributed by atoms with E-state index < -0.39 is 17.3 Å². The first kappa shape index (κ1) is 14.2. The molecule has 0 fully saturated rings. The molecule has 0 radical (unpaired) electrons. The van der Waals surface area contributed by atoms with Crippen LogP contribution < -0.4 is 5.32 Å². The molecule has 7 heteroatoms. The molecule has 0 aromatic carbocycles. The number of halogens is 2. The highest BCUT2D eigenvalue weighted by Gasteiger charge is 2.11. The summed E-state index contributed by atoms with van der Waals surface area (Å²) >= 11 is 0. The number of nitrogens with one attached hydrogen (secondary N) is 1. The van der Waals surface area contributed by atoms with Gasteiger partial charge in [0.2, 0.25) is 0 Å². The van der Waals surface area contributed by atoms with E-state index in [0.29, 0.717) is 11.6 Å². The third kappa shape index (κ3) is 4.91. The Labute approximate surface area is 102 Å². The molecule has 98 valence electrons.